The molecule has 94 valence electrons. The van der Waals surface area contributed by atoms with Crippen molar-refractivity contribution in [3.63, 3.8) is 0 Å². The summed E-state index contributed by atoms with van der Waals surface area (Å²) in [5.74, 6) is 0.900. The molecule has 1 aliphatic heterocycles. The first-order valence-electron chi connectivity index (χ1n) is 6.76. The molecule has 3 nitrogen and oxygen atoms in total. The first-order chi connectivity index (χ1) is 7.62. The minimum Gasteiger partial charge on any atom is -0.394 e. The normalized spacial score (nSPS) is 32.1. The average molecular weight is 226 g/mol. The zero-order chi connectivity index (χ0) is 11.6. The van der Waals surface area contributed by atoms with Gasteiger partial charge >= 0.3 is 0 Å². The van der Waals surface area contributed by atoms with E-state index in [-0.39, 0.29) is 6.61 Å². The molecule has 0 amide bonds. The van der Waals surface area contributed by atoms with Gasteiger partial charge in [0.05, 0.1) is 6.61 Å². The molecule has 0 aromatic carbocycles. The molecule has 2 rings (SSSR count). The minimum absolute atomic E-state index is 0.0842. The monoisotopic (exact) mass is 226 g/mol. The van der Waals surface area contributed by atoms with Gasteiger partial charge in [-0.3, -0.25) is 4.90 Å². The fraction of sp³-hybridized carbons (Fsp3) is 1.00. The molecule has 1 saturated heterocycles. The third-order valence-corrected chi connectivity index (χ3v) is 4.28. The Labute approximate surface area is 99.0 Å². The number of rotatable bonds is 4. The molecule has 1 aliphatic carbocycles. The van der Waals surface area contributed by atoms with Gasteiger partial charge in [0, 0.05) is 18.1 Å². The minimum atomic E-state index is -0.429. The van der Waals surface area contributed by atoms with E-state index in [4.69, 9.17) is 5.73 Å². The Bertz CT molecular complexity index is 224. The topological polar surface area (TPSA) is 49.5 Å². The third kappa shape index (κ3) is 2.76. The van der Waals surface area contributed by atoms with Gasteiger partial charge < -0.3 is 10.8 Å². The maximum absolute atomic E-state index is 9.25. The van der Waals surface area contributed by atoms with E-state index in [0.29, 0.717) is 0 Å². The van der Waals surface area contributed by atoms with Crippen LogP contribution < -0.4 is 5.73 Å². The van der Waals surface area contributed by atoms with Crippen molar-refractivity contribution >= 4 is 0 Å². The van der Waals surface area contributed by atoms with Crippen LogP contribution in [-0.2, 0) is 0 Å². The van der Waals surface area contributed by atoms with Gasteiger partial charge in [0.1, 0.15) is 0 Å². The average Bonchev–Trinajstić information content (AvgIpc) is 2.86. The van der Waals surface area contributed by atoms with Crippen LogP contribution in [0.25, 0.3) is 0 Å². The molecular formula is C13H26N2O. The Morgan fingerprint density at radius 2 is 1.94 bits per heavy atom. The molecule has 1 saturated carbocycles. The van der Waals surface area contributed by atoms with Crippen LogP contribution in [0.3, 0.4) is 0 Å². The standard InChI is InChI=1S/C13H26N2O/c1-13(14,10-16)9-15-8-4-7-12(15)11-5-2-3-6-11/h11-12,16H,2-10,14H2,1H3. The summed E-state index contributed by atoms with van der Waals surface area (Å²) < 4.78 is 0. The van der Waals surface area contributed by atoms with Crippen LogP contribution in [0.1, 0.15) is 45.4 Å². The number of aliphatic hydroxyl groups is 1. The van der Waals surface area contributed by atoms with Gasteiger partial charge in [-0.1, -0.05) is 12.8 Å². The van der Waals surface area contributed by atoms with E-state index in [1.54, 1.807) is 0 Å². The summed E-state index contributed by atoms with van der Waals surface area (Å²) in [5.41, 5.74) is 5.64. The highest BCUT2D eigenvalue weighted by Crippen LogP contribution is 2.35. The Morgan fingerprint density at radius 3 is 2.56 bits per heavy atom. The second-order valence-electron chi connectivity index (χ2n) is 6.04. The molecular weight excluding hydrogens is 200 g/mol. The van der Waals surface area contributed by atoms with Crippen molar-refractivity contribution in [1.29, 1.82) is 0 Å². The van der Waals surface area contributed by atoms with E-state index in [1.165, 1.54) is 45.1 Å². The summed E-state index contributed by atoms with van der Waals surface area (Å²) in [6.45, 7) is 4.07. The van der Waals surface area contributed by atoms with E-state index in [1.807, 2.05) is 6.92 Å². The van der Waals surface area contributed by atoms with Crippen molar-refractivity contribution in [1.82, 2.24) is 4.90 Å². The molecule has 0 spiro atoms. The predicted octanol–water partition coefficient (Wildman–Crippen LogP) is 1.35. The summed E-state index contributed by atoms with van der Waals surface area (Å²) in [4.78, 5) is 2.53. The number of aliphatic hydroxyl groups excluding tert-OH is 1. The van der Waals surface area contributed by atoms with Gasteiger partial charge in [-0.15, -0.1) is 0 Å². The van der Waals surface area contributed by atoms with Crippen LogP contribution in [0.5, 0.6) is 0 Å². The maximum Gasteiger partial charge on any atom is 0.0621 e. The second kappa shape index (κ2) is 5.03. The first kappa shape index (κ1) is 12.3. The lowest BCUT2D eigenvalue weighted by Gasteiger charge is -2.35. The maximum atomic E-state index is 9.25. The van der Waals surface area contributed by atoms with E-state index in [0.717, 1.165) is 18.5 Å². The lowest BCUT2D eigenvalue weighted by atomic mass is 9.94. The van der Waals surface area contributed by atoms with Crippen molar-refractivity contribution in [2.24, 2.45) is 11.7 Å². The van der Waals surface area contributed by atoms with Crippen LogP contribution in [0.2, 0.25) is 0 Å². The molecule has 0 aromatic rings. The molecule has 3 N–H and O–H groups in total. The van der Waals surface area contributed by atoms with Gasteiger partial charge in [-0.25, -0.2) is 0 Å². The fourth-order valence-electron chi connectivity index (χ4n) is 3.44. The Kier molecular flexibility index (Phi) is 3.88. The van der Waals surface area contributed by atoms with E-state index in [9.17, 15) is 5.11 Å². The van der Waals surface area contributed by atoms with Crippen LogP contribution >= 0.6 is 0 Å². The molecule has 0 bridgehead atoms. The van der Waals surface area contributed by atoms with Gasteiger partial charge in [0.15, 0.2) is 0 Å². The molecule has 16 heavy (non-hydrogen) atoms. The largest absolute Gasteiger partial charge is 0.394 e. The Morgan fingerprint density at radius 1 is 1.25 bits per heavy atom. The Hall–Kier alpha value is -0.120. The van der Waals surface area contributed by atoms with Gasteiger partial charge in [-0.2, -0.15) is 0 Å². The molecule has 1 heterocycles. The molecule has 0 aromatic heterocycles. The quantitative estimate of drug-likeness (QED) is 0.761. The van der Waals surface area contributed by atoms with E-state index in [2.05, 4.69) is 4.90 Å². The summed E-state index contributed by atoms with van der Waals surface area (Å²) in [7, 11) is 0. The second-order valence-corrected chi connectivity index (χ2v) is 6.04. The number of hydrogen-bond donors (Lipinski definition) is 2. The van der Waals surface area contributed by atoms with Crippen molar-refractivity contribution in [2.45, 2.75) is 57.0 Å². The smallest absolute Gasteiger partial charge is 0.0621 e. The highest BCUT2D eigenvalue weighted by molar-refractivity contribution is 4.92. The molecule has 0 radical (unpaired) electrons. The molecule has 3 heteroatoms. The number of likely N-dealkylation sites (tertiary alicyclic amines) is 1. The highest BCUT2D eigenvalue weighted by Gasteiger charge is 2.35. The number of hydrogen-bond acceptors (Lipinski definition) is 3. The third-order valence-electron chi connectivity index (χ3n) is 4.28. The number of nitrogens with zero attached hydrogens (tertiary/aromatic N) is 1. The van der Waals surface area contributed by atoms with Crippen LogP contribution in [0.4, 0.5) is 0 Å². The molecule has 2 atom stereocenters. The van der Waals surface area contributed by atoms with Crippen LogP contribution in [0, 0.1) is 5.92 Å². The highest BCUT2D eigenvalue weighted by atomic mass is 16.3. The number of nitrogens with two attached hydrogens (primary N) is 1. The van der Waals surface area contributed by atoms with Gasteiger partial charge in [0.2, 0.25) is 0 Å². The zero-order valence-corrected chi connectivity index (χ0v) is 10.5. The van der Waals surface area contributed by atoms with Gasteiger partial charge in [-0.05, 0) is 45.1 Å². The van der Waals surface area contributed by atoms with E-state index >= 15 is 0 Å². The SMILES string of the molecule is CC(N)(CO)CN1CCCC1C1CCCC1. The fourth-order valence-corrected chi connectivity index (χ4v) is 3.44. The summed E-state index contributed by atoms with van der Waals surface area (Å²) in [6, 6.07) is 0.747. The van der Waals surface area contributed by atoms with Crippen LogP contribution in [-0.4, -0.2) is 41.3 Å². The summed E-state index contributed by atoms with van der Waals surface area (Å²) >= 11 is 0. The summed E-state index contributed by atoms with van der Waals surface area (Å²) in [5, 5.41) is 9.25. The lowest BCUT2D eigenvalue weighted by Crippen LogP contribution is -2.52. The van der Waals surface area contributed by atoms with Crippen molar-refractivity contribution in [2.75, 3.05) is 19.7 Å². The van der Waals surface area contributed by atoms with Crippen molar-refractivity contribution < 1.29 is 5.11 Å². The lowest BCUT2D eigenvalue weighted by molar-refractivity contribution is 0.118. The first-order valence-corrected chi connectivity index (χ1v) is 6.76. The zero-order valence-electron chi connectivity index (χ0n) is 10.5. The predicted molar refractivity (Wildman–Crippen MR) is 66.2 cm³/mol. The van der Waals surface area contributed by atoms with Crippen molar-refractivity contribution in [3.05, 3.63) is 0 Å². The molecule has 2 aliphatic rings. The summed E-state index contributed by atoms with van der Waals surface area (Å²) in [6.07, 6.45) is 8.28. The van der Waals surface area contributed by atoms with E-state index < -0.39 is 5.54 Å². The van der Waals surface area contributed by atoms with Crippen molar-refractivity contribution in [3.8, 4) is 0 Å². The van der Waals surface area contributed by atoms with Crippen LogP contribution in [0.15, 0.2) is 0 Å². The van der Waals surface area contributed by atoms with Gasteiger partial charge in [0.25, 0.3) is 0 Å². The molecule has 2 unspecified atom stereocenters. The molecule has 2 fully saturated rings. The Balaban J connectivity index is 1.92.